The third kappa shape index (κ3) is 4.69. The first-order valence-corrected chi connectivity index (χ1v) is 8.61. The van der Waals surface area contributed by atoms with Gasteiger partial charge in [-0.25, -0.2) is 0 Å². The molecule has 0 atom stereocenters. The zero-order valence-corrected chi connectivity index (χ0v) is 15.0. The van der Waals surface area contributed by atoms with Crippen molar-refractivity contribution >= 4 is 17.2 Å². The molecule has 28 heavy (non-hydrogen) atoms. The van der Waals surface area contributed by atoms with Crippen LogP contribution in [0, 0.1) is 22.7 Å². The van der Waals surface area contributed by atoms with Gasteiger partial charge in [0, 0.05) is 12.0 Å². The van der Waals surface area contributed by atoms with Crippen LogP contribution in [0.2, 0.25) is 0 Å². The van der Waals surface area contributed by atoms with E-state index in [1.165, 1.54) is 0 Å². The van der Waals surface area contributed by atoms with Gasteiger partial charge in [0.2, 0.25) is 5.78 Å². The van der Waals surface area contributed by atoms with Gasteiger partial charge in [-0.3, -0.25) is 10.2 Å². The number of carbonyl (C=O) groups is 1. The van der Waals surface area contributed by atoms with Gasteiger partial charge in [0.15, 0.2) is 0 Å². The second-order valence-electron chi connectivity index (χ2n) is 6.04. The number of hydrazone groups is 1. The van der Waals surface area contributed by atoms with E-state index in [9.17, 15) is 4.79 Å². The Morgan fingerprint density at radius 1 is 0.821 bits per heavy atom. The van der Waals surface area contributed by atoms with Gasteiger partial charge in [0.25, 0.3) is 0 Å². The third-order valence-electron chi connectivity index (χ3n) is 4.09. The van der Waals surface area contributed by atoms with Crippen LogP contribution in [0.5, 0.6) is 0 Å². The van der Waals surface area contributed by atoms with E-state index in [1.807, 2.05) is 36.4 Å². The van der Waals surface area contributed by atoms with Crippen LogP contribution >= 0.6 is 0 Å². The number of nitrogens with one attached hydrogen (secondary N) is 1. The SMILES string of the molecule is N#Cc1ccc(N/N=C(\Cc2ccccc2)C(=O)c2ccc(C#N)cc2)cc1. The number of hydrogen-bond acceptors (Lipinski definition) is 5. The quantitative estimate of drug-likeness (QED) is 0.401. The molecule has 1 N–H and O–H groups in total. The number of Topliss-reactive ketones (excluding diaryl/α,β-unsaturated/α-hetero) is 1. The highest BCUT2D eigenvalue weighted by Gasteiger charge is 2.15. The molecular weight excluding hydrogens is 348 g/mol. The summed E-state index contributed by atoms with van der Waals surface area (Å²) in [4.78, 5) is 13.0. The Balaban J connectivity index is 1.87. The minimum Gasteiger partial charge on any atom is -0.287 e. The number of rotatable bonds is 6. The van der Waals surface area contributed by atoms with Gasteiger partial charge in [-0.1, -0.05) is 30.3 Å². The molecule has 5 heteroatoms. The number of carbonyl (C=O) groups excluding carboxylic acids is 1. The molecule has 0 unspecified atom stereocenters. The summed E-state index contributed by atoms with van der Waals surface area (Å²) in [7, 11) is 0. The van der Waals surface area contributed by atoms with Gasteiger partial charge in [-0.2, -0.15) is 15.6 Å². The normalized spacial score (nSPS) is 10.6. The second kappa shape index (κ2) is 8.93. The van der Waals surface area contributed by atoms with Crippen molar-refractivity contribution in [1.82, 2.24) is 0 Å². The summed E-state index contributed by atoms with van der Waals surface area (Å²) in [6.45, 7) is 0. The van der Waals surface area contributed by atoms with E-state index in [-0.39, 0.29) is 5.78 Å². The maximum Gasteiger partial charge on any atom is 0.209 e. The first-order valence-electron chi connectivity index (χ1n) is 8.61. The van der Waals surface area contributed by atoms with E-state index >= 15 is 0 Å². The van der Waals surface area contributed by atoms with Crippen molar-refractivity contribution < 1.29 is 4.79 Å². The minimum atomic E-state index is -0.213. The molecule has 0 radical (unpaired) electrons. The van der Waals surface area contributed by atoms with Crippen LogP contribution in [0.25, 0.3) is 0 Å². The van der Waals surface area contributed by atoms with Crippen LogP contribution in [0.15, 0.2) is 84.0 Å². The third-order valence-corrected chi connectivity index (χ3v) is 4.09. The molecule has 0 heterocycles. The van der Waals surface area contributed by atoms with Gasteiger partial charge in [0.1, 0.15) is 5.71 Å². The van der Waals surface area contributed by atoms with Gasteiger partial charge in [-0.15, -0.1) is 0 Å². The van der Waals surface area contributed by atoms with Gasteiger partial charge in [0.05, 0.1) is 29.0 Å². The van der Waals surface area contributed by atoms with E-state index < -0.39 is 0 Å². The highest BCUT2D eigenvalue weighted by molar-refractivity contribution is 6.46. The van der Waals surface area contributed by atoms with Crippen molar-refractivity contribution in [2.75, 3.05) is 5.43 Å². The summed E-state index contributed by atoms with van der Waals surface area (Å²) >= 11 is 0. The molecular formula is C23H16N4O. The molecule has 0 fully saturated rings. The molecule has 0 aliphatic heterocycles. The first-order chi connectivity index (χ1) is 13.7. The number of benzene rings is 3. The highest BCUT2D eigenvalue weighted by Crippen LogP contribution is 2.12. The lowest BCUT2D eigenvalue weighted by Crippen LogP contribution is -2.19. The number of anilines is 1. The van der Waals surface area contributed by atoms with Crippen molar-refractivity contribution in [2.24, 2.45) is 5.10 Å². The highest BCUT2D eigenvalue weighted by atomic mass is 16.1. The van der Waals surface area contributed by atoms with Crippen LogP contribution < -0.4 is 5.43 Å². The summed E-state index contributed by atoms with van der Waals surface area (Å²) in [6.07, 6.45) is 0.364. The van der Waals surface area contributed by atoms with E-state index in [4.69, 9.17) is 10.5 Å². The predicted octanol–water partition coefficient (Wildman–Crippen LogP) is 4.32. The summed E-state index contributed by atoms with van der Waals surface area (Å²) in [6, 6.07) is 27.0. The first kappa shape index (κ1) is 18.6. The number of nitriles is 2. The fourth-order valence-electron chi connectivity index (χ4n) is 2.57. The van der Waals surface area contributed by atoms with E-state index in [1.54, 1.807) is 48.5 Å². The lowest BCUT2D eigenvalue weighted by Gasteiger charge is -2.08. The van der Waals surface area contributed by atoms with Gasteiger partial charge >= 0.3 is 0 Å². The fourth-order valence-corrected chi connectivity index (χ4v) is 2.57. The molecule has 0 aliphatic rings. The Kier molecular flexibility index (Phi) is 5.92. The van der Waals surface area contributed by atoms with Crippen LogP contribution in [0.3, 0.4) is 0 Å². The van der Waals surface area contributed by atoms with Crippen LogP contribution in [-0.2, 0) is 6.42 Å². The topological polar surface area (TPSA) is 89.0 Å². The Bertz CT molecular complexity index is 1070. The van der Waals surface area contributed by atoms with E-state index in [0.717, 1.165) is 5.56 Å². The number of ketones is 1. The molecule has 0 amide bonds. The molecule has 0 saturated heterocycles. The molecule has 3 aromatic carbocycles. The zero-order chi connectivity index (χ0) is 19.8. The van der Waals surface area contributed by atoms with E-state index in [0.29, 0.717) is 34.5 Å². The number of hydrogen-bond donors (Lipinski definition) is 1. The molecule has 0 aliphatic carbocycles. The Morgan fingerprint density at radius 3 is 1.96 bits per heavy atom. The summed E-state index contributed by atoms with van der Waals surface area (Å²) in [5.74, 6) is -0.213. The Morgan fingerprint density at radius 2 is 1.39 bits per heavy atom. The molecule has 5 nitrogen and oxygen atoms in total. The molecule has 134 valence electrons. The molecule has 0 aromatic heterocycles. The Labute approximate surface area is 163 Å². The molecule has 0 spiro atoms. The molecule has 0 saturated carbocycles. The second-order valence-corrected chi connectivity index (χ2v) is 6.04. The van der Waals surface area contributed by atoms with Crippen LogP contribution in [0.1, 0.15) is 27.0 Å². The van der Waals surface area contributed by atoms with Crippen molar-refractivity contribution in [3.8, 4) is 12.1 Å². The number of nitrogens with zero attached hydrogens (tertiary/aromatic N) is 3. The van der Waals surface area contributed by atoms with E-state index in [2.05, 4.69) is 16.6 Å². The average Bonchev–Trinajstić information content (AvgIpc) is 2.77. The van der Waals surface area contributed by atoms with Crippen LogP contribution in [-0.4, -0.2) is 11.5 Å². The van der Waals surface area contributed by atoms with Gasteiger partial charge in [-0.05, 0) is 54.1 Å². The molecule has 3 rings (SSSR count). The van der Waals surface area contributed by atoms with Crippen molar-refractivity contribution in [3.05, 3.63) is 101 Å². The van der Waals surface area contributed by atoms with Gasteiger partial charge < -0.3 is 0 Å². The monoisotopic (exact) mass is 364 g/mol. The average molecular weight is 364 g/mol. The zero-order valence-electron chi connectivity index (χ0n) is 15.0. The van der Waals surface area contributed by atoms with Crippen molar-refractivity contribution in [1.29, 1.82) is 10.5 Å². The summed E-state index contributed by atoms with van der Waals surface area (Å²) < 4.78 is 0. The summed E-state index contributed by atoms with van der Waals surface area (Å²) in [5.41, 5.74) is 6.39. The minimum absolute atomic E-state index is 0.213. The smallest absolute Gasteiger partial charge is 0.209 e. The summed E-state index contributed by atoms with van der Waals surface area (Å²) in [5, 5.41) is 22.1. The largest absolute Gasteiger partial charge is 0.287 e. The van der Waals surface area contributed by atoms with Crippen molar-refractivity contribution in [3.63, 3.8) is 0 Å². The lowest BCUT2D eigenvalue weighted by molar-refractivity contribution is 0.106. The fraction of sp³-hybridized carbons (Fsp3) is 0.0435. The standard InChI is InChI=1S/C23H16N4O/c24-15-18-6-10-20(11-7-18)23(28)22(14-17-4-2-1-3-5-17)27-26-21-12-8-19(16-25)9-13-21/h1-13,26H,14H2/b27-22+. The van der Waals surface area contributed by atoms with Crippen LogP contribution in [0.4, 0.5) is 5.69 Å². The lowest BCUT2D eigenvalue weighted by atomic mass is 10.00. The molecule has 0 bridgehead atoms. The maximum atomic E-state index is 13.0. The predicted molar refractivity (Wildman–Crippen MR) is 108 cm³/mol. The van der Waals surface area contributed by atoms with Crippen molar-refractivity contribution in [2.45, 2.75) is 6.42 Å². The molecule has 3 aromatic rings. The maximum absolute atomic E-state index is 13.0. The Hall–Kier alpha value is -4.22.